The van der Waals surface area contributed by atoms with Gasteiger partial charge in [-0.3, -0.25) is 43.5 Å². The Kier molecular flexibility index (Phi) is 32.6. The van der Waals surface area contributed by atoms with Gasteiger partial charge in [0.05, 0.1) is 65.0 Å². The van der Waals surface area contributed by atoms with Crippen molar-refractivity contribution in [1.82, 2.24) is 49.6 Å². The Morgan fingerprint density at radius 1 is 0.568 bits per heavy atom. The normalized spacial score (nSPS) is 36.0. The number of amides is 3. The average Bonchev–Trinajstić information content (AvgIpc) is 1.61. The molecule has 4 aromatic rings. The Balaban J connectivity index is 0.000000283. The number of Topliss-reactive ketones (excluding diaryl/α,β-unsaturated/α-hetero) is 4. The predicted molar refractivity (Wildman–Crippen MR) is 456 cm³/mol. The van der Waals surface area contributed by atoms with Gasteiger partial charge < -0.3 is 72.3 Å². The minimum Gasteiger partial charge on any atom is -0.455 e. The van der Waals surface area contributed by atoms with Crippen molar-refractivity contribution in [2.75, 3.05) is 60.8 Å². The van der Waals surface area contributed by atoms with E-state index < -0.39 is 159 Å². The summed E-state index contributed by atoms with van der Waals surface area (Å²) in [5, 5.41) is 31.0. The number of aryl methyl sites for hydroxylation is 2. The maximum Gasteiger partial charge on any atom is 0.410 e. The quantitative estimate of drug-likeness (QED) is 0.0170. The Bertz CT molecular complexity index is 4490. The number of nitro groups is 1. The molecule has 35 heteroatoms. The molecule has 0 saturated carbocycles. The molecule has 125 heavy (non-hydrogen) atoms. The number of non-ortho nitro benzene ring substituents is 1. The van der Waals surface area contributed by atoms with E-state index in [9.17, 15) is 53.3 Å². The van der Waals surface area contributed by atoms with Crippen molar-refractivity contribution in [1.29, 1.82) is 0 Å². The highest BCUT2D eigenvalue weighted by Crippen LogP contribution is 2.48. The monoisotopic (exact) mass is 1760 g/mol. The maximum absolute atomic E-state index is 17.0. The number of benzene rings is 2. The molecule has 2 aromatic carbocycles. The van der Waals surface area contributed by atoms with E-state index in [0.717, 1.165) is 32.3 Å². The maximum atomic E-state index is 17.0. The second-order valence-corrected chi connectivity index (χ2v) is 37.1. The summed E-state index contributed by atoms with van der Waals surface area (Å²) in [5.74, 6) is -11.7. The molecule has 6 aliphatic heterocycles. The van der Waals surface area contributed by atoms with Crippen LogP contribution in [0.15, 0.2) is 60.9 Å². The van der Waals surface area contributed by atoms with E-state index in [1.807, 2.05) is 74.1 Å². The van der Waals surface area contributed by atoms with Gasteiger partial charge in [-0.1, -0.05) is 104 Å². The van der Waals surface area contributed by atoms with Gasteiger partial charge in [0.2, 0.25) is 5.91 Å². The summed E-state index contributed by atoms with van der Waals surface area (Å²) in [4.78, 5) is 143. The van der Waals surface area contributed by atoms with Crippen molar-refractivity contribution in [3.63, 3.8) is 0 Å². The van der Waals surface area contributed by atoms with Crippen LogP contribution in [-0.2, 0) is 94.0 Å². The topological polar surface area (TPSA) is 375 Å². The zero-order chi connectivity index (χ0) is 92.8. The number of methoxy groups -OCH3 is 2. The van der Waals surface area contributed by atoms with Gasteiger partial charge in [-0.25, -0.2) is 28.0 Å². The van der Waals surface area contributed by atoms with Crippen LogP contribution in [0.4, 0.5) is 29.7 Å². The molecule has 0 radical (unpaired) electrons. The Labute approximate surface area is 732 Å². The molecular formula is C90H134F2N12O21. The number of anilines is 1. The molecule has 694 valence electrons. The summed E-state index contributed by atoms with van der Waals surface area (Å²) >= 11 is 0. The fraction of sp³-hybridized carbons (Fsp3) is 0.722. The number of nitrogens with one attached hydrogen (secondary N) is 1. The zero-order valence-corrected chi connectivity index (χ0v) is 77.5. The summed E-state index contributed by atoms with van der Waals surface area (Å²) in [6, 6.07) is 11.6. The van der Waals surface area contributed by atoms with Crippen LogP contribution in [0.5, 0.6) is 0 Å². The lowest BCUT2D eigenvalue weighted by molar-refractivity contribution is -0.384. The standard InChI is InChI=1S/C46H69FN6O10.C44H65FN6O11/c1-14-36-46(10)38(53(43(58)63-46)21-16-15-20-52-25-34(49-50-52)32-18-17-19-33(23-32)48-31(7)54)29(5)37(55)26(2)24-44(8,59-13)40(30(6)39(56)45(9,47)42(57)61-36)62-41-28(4)35(51(11)12)22-27(3)60-41;1-13-34-44(9)36(50(41(55)62-44)20-15-14-19-49-24-32(46-47-49)30-17-16-18-31(22-30)51(56)57)28(5)35(52)25(2)23-42(7,58-12)38(29(6)37(53)43(8,45)40(54)60-34)61-39-27(4)33(48(10)11)21-26(3)59-39/h17-19,23,25-30,35-36,38,40-41H,14-16,20-22,24H2,1-13H3,(H,48,54);16-18,22,24-29,33-34,36,38-39H,13-15,19-21,23H2,1-12H3/t26-,27-,28-,29+,30+,35+,36-,38+,40-,41+,44+,45+,46-;25-,26-,27-,28+,29+,33+,34-,36+,38-,39+,42+,43+,44-/m11/s1. The van der Waals surface area contributed by atoms with Crippen LogP contribution in [0.3, 0.4) is 0 Å². The molecule has 26 atom stereocenters. The van der Waals surface area contributed by atoms with Crippen LogP contribution in [0.1, 0.15) is 196 Å². The number of cyclic esters (lactones) is 2. The number of carbonyl (C=O) groups excluding carboxylic acids is 9. The van der Waals surface area contributed by atoms with Crippen LogP contribution in [0.25, 0.3) is 22.5 Å². The van der Waals surface area contributed by atoms with Crippen LogP contribution < -0.4 is 5.32 Å². The second kappa shape index (κ2) is 40.7. The first-order chi connectivity index (χ1) is 58.5. The number of ether oxygens (including phenoxy) is 10. The number of alkyl halides is 2. The van der Waals surface area contributed by atoms with Gasteiger partial charge >= 0.3 is 24.1 Å². The number of rotatable bonds is 24. The number of hydrogen-bond donors (Lipinski definition) is 1. The minimum absolute atomic E-state index is 0.0435. The molecule has 2 aromatic heterocycles. The zero-order valence-electron chi connectivity index (χ0n) is 77.5. The number of nitrogens with zero attached hydrogens (tertiary/aromatic N) is 11. The summed E-state index contributed by atoms with van der Waals surface area (Å²) in [5.41, 5.74) is -9.27. The van der Waals surface area contributed by atoms with Gasteiger partial charge in [-0.2, -0.15) is 0 Å². The van der Waals surface area contributed by atoms with E-state index in [1.54, 1.807) is 109 Å². The Morgan fingerprint density at radius 3 is 1.30 bits per heavy atom. The first-order valence-electron chi connectivity index (χ1n) is 43.9. The van der Waals surface area contributed by atoms with Crippen molar-refractivity contribution >= 4 is 64.5 Å². The van der Waals surface area contributed by atoms with Crippen LogP contribution in [0, 0.1) is 57.5 Å². The number of halogens is 2. The smallest absolute Gasteiger partial charge is 0.410 e. The molecule has 1 N–H and O–H groups in total. The van der Waals surface area contributed by atoms with Crippen LogP contribution in [-0.4, -0.2) is 270 Å². The van der Waals surface area contributed by atoms with E-state index in [4.69, 9.17) is 47.4 Å². The Morgan fingerprint density at radius 2 is 0.944 bits per heavy atom. The molecule has 0 spiro atoms. The molecule has 33 nitrogen and oxygen atoms in total. The highest BCUT2D eigenvalue weighted by atomic mass is 19.1. The summed E-state index contributed by atoms with van der Waals surface area (Å²) in [6.07, 6.45) is -1.05. The third kappa shape index (κ3) is 21.7. The van der Waals surface area contributed by atoms with E-state index >= 15 is 8.78 Å². The first kappa shape index (κ1) is 100. The number of hydrogen-bond acceptors (Lipinski definition) is 27. The highest BCUT2D eigenvalue weighted by molar-refractivity contribution is 6.08. The van der Waals surface area contributed by atoms with Gasteiger partial charge in [-0.15, -0.1) is 10.2 Å². The largest absolute Gasteiger partial charge is 0.455 e. The number of carbonyl (C=O) groups is 9. The molecular weight excluding hydrogens is 1620 g/mol. The van der Waals surface area contributed by atoms with Crippen molar-refractivity contribution < 1.29 is 104 Å². The molecule has 6 saturated heterocycles. The molecule has 6 fully saturated rings. The third-order valence-corrected chi connectivity index (χ3v) is 27.1. The van der Waals surface area contributed by atoms with Crippen molar-refractivity contribution in [2.24, 2.45) is 47.3 Å². The number of aromatic nitrogens is 6. The summed E-state index contributed by atoms with van der Waals surface area (Å²) in [6.45, 7) is 32.2. The fourth-order valence-electron chi connectivity index (χ4n) is 20.0. The minimum atomic E-state index is -3.15. The van der Waals surface area contributed by atoms with Gasteiger partial charge in [0, 0.05) is 136 Å². The molecule has 0 unspecified atom stereocenters. The fourth-order valence-corrected chi connectivity index (χ4v) is 20.0. The number of esters is 2. The van der Waals surface area contributed by atoms with Gasteiger partial charge in [0.15, 0.2) is 35.3 Å². The van der Waals surface area contributed by atoms with E-state index in [1.165, 1.54) is 56.9 Å². The predicted octanol–water partition coefficient (Wildman–Crippen LogP) is 12.5. The van der Waals surface area contributed by atoms with Crippen LogP contribution >= 0.6 is 0 Å². The van der Waals surface area contributed by atoms with Crippen molar-refractivity contribution in [3.05, 3.63) is 71.0 Å². The summed E-state index contributed by atoms with van der Waals surface area (Å²) < 4.78 is 99.6. The molecule has 3 amide bonds. The average molecular weight is 1760 g/mol. The third-order valence-electron chi connectivity index (χ3n) is 27.1. The highest BCUT2D eigenvalue weighted by Gasteiger charge is 2.65. The number of ketones is 4. The van der Waals surface area contributed by atoms with Gasteiger partial charge in [0.25, 0.3) is 17.0 Å². The molecule has 6 aliphatic rings. The number of nitro benzene ring substituents is 1. The van der Waals surface area contributed by atoms with Gasteiger partial charge in [0.1, 0.15) is 35.2 Å². The van der Waals surface area contributed by atoms with E-state index in [-0.39, 0.29) is 98.1 Å². The second-order valence-electron chi connectivity index (χ2n) is 37.1. The lowest BCUT2D eigenvalue weighted by atomic mass is 9.73. The molecule has 10 rings (SSSR count). The first-order valence-corrected chi connectivity index (χ1v) is 43.9. The number of unbranched alkanes of at least 4 members (excludes halogenated alkanes) is 2. The lowest BCUT2D eigenvalue weighted by Crippen LogP contribution is -2.61. The van der Waals surface area contributed by atoms with E-state index in [0.29, 0.717) is 61.4 Å². The van der Waals surface area contributed by atoms with Crippen molar-refractivity contribution in [2.45, 2.75) is 316 Å². The molecule has 0 bridgehead atoms. The van der Waals surface area contributed by atoms with Crippen LogP contribution in [0.2, 0.25) is 0 Å². The number of fused-ring (bicyclic) bond motifs is 2. The van der Waals surface area contributed by atoms with Gasteiger partial charge in [-0.05, 0) is 160 Å². The SMILES string of the molecule is CC[C@H]1OC(=O)[C@@](C)(F)C(=O)[C@H](C)[C@@H](O[C@@H]2O[C@H](C)C[C@H](N(C)C)[C@H]2C)[C@@](C)(OC)C[C@@H](C)C(=O)[C@H](C)[C@@H]2N(CCCCn3cc(-c4cccc(NC(C)=O)c4)nn3)C(=O)O[C@@]21C.CC[C@H]1OC(=O)[C@@](C)(F)C(=O)[C@H](C)[C@@H](O[C@@H]2O[C@H](C)C[C@H](N(C)C)[C@H]2C)[C@@](C)(OC)C[C@@H](C)C(=O)[C@H](C)[C@@H]2N(CCCCn3cc(-c4cccc([N+](=O)[O-])c4)nn3)C(=O)O[C@@]21C. The van der Waals surface area contributed by atoms with E-state index in [2.05, 4.69) is 35.7 Å². The lowest BCUT2D eigenvalue weighted by Gasteiger charge is -2.48. The van der Waals surface area contributed by atoms with Crippen molar-refractivity contribution in [3.8, 4) is 22.5 Å². The molecule has 0 aliphatic carbocycles. The Hall–Kier alpha value is -8.71. The summed E-state index contributed by atoms with van der Waals surface area (Å²) in [7, 11) is 10.8. The molecule has 8 heterocycles.